The van der Waals surface area contributed by atoms with Gasteiger partial charge in [-0.3, -0.25) is 4.79 Å². The number of rotatable bonds is 5. The first kappa shape index (κ1) is 15.3. The number of nitrogens with one attached hydrogen (secondary N) is 1. The van der Waals surface area contributed by atoms with E-state index in [0.29, 0.717) is 18.9 Å². The quantitative estimate of drug-likeness (QED) is 0.849. The highest BCUT2D eigenvalue weighted by atomic mass is 35.7. The van der Waals surface area contributed by atoms with Gasteiger partial charge in [-0.05, 0) is 36.0 Å². The Labute approximate surface area is 123 Å². The zero-order chi connectivity index (χ0) is 15.0. The van der Waals surface area contributed by atoms with E-state index in [-0.39, 0.29) is 16.2 Å². The topological polar surface area (TPSA) is 63.2 Å². The number of carbonyl (C=O) groups excluding carboxylic acids is 1. The van der Waals surface area contributed by atoms with Crippen LogP contribution in [0.4, 0.5) is 0 Å². The zero-order valence-corrected chi connectivity index (χ0v) is 13.1. The smallest absolute Gasteiger partial charge is 0.261 e. The monoisotopic (exact) mass is 315 g/mol. The molecule has 1 aliphatic rings. The first-order valence-electron chi connectivity index (χ1n) is 6.51. The molecule has 6 heteroatoms. The molecule has 1 atom stereocenters. The molecule has 110 valence electrons. The molecule has 1 saturated carbocycles. The van der Waals surface area contributed by atoms with E-state index in [1.807, 2.05) is 0 Å². The number of hydrogen-bond acceptors (Lipinski definition) is 3. The number of hydrogen-bond donors (Lipinski definition) is 1. The molecule has 1 aliphatic carbocycles. The summed E-state index contributed by atoms with van der Waals surface area (Å²) in [6.07, 6.45) is 2.02. The highest BCUT2D eigenvalue weighted by Crippen LogP contribution is 2.44. The highest BCUT2D eigenvalue weighted by Gasteiger charge is 2.46. The summed E-state index contributed by atoms with van der Waals surface area (Å²) < 4.78 is 22.2. The van der Waals surface area contributed by atoms with Gasteiger partial charge < -0.3 is 5.32 Å². The molecule has 20 heavy (non-hydrogen) atoms. The van der Waals surface area contributed by atoms with Crippen LogP contribution in [0.3, 0.4) is 0 Å². The summed E-state index contributed by atoms with van der Waals surface area (Å²) in [6.45, 7) is 4.26. The molecule has 0 radical (unpaired) electrons. The molecule has 0 spiro atoms. The van der Waals surface area contributed by atoms with Crippen LogP contribution in [0.1, 0.15) is 32.3 Å². The maximum atomic E-state index is 11.8. The Bertz CT molecular complexity index is 608. The lowest BCUT2D eigenvalue weighted by Crippen LogP contribution is -2.28. The molecule has 1 N–H and O–H groups in total. The lowest BCUT2D eigenvalue weighted by Gasteiger charge is -2.07. The minimum atomic E-state index is -3.68. The van der Waals surface area contributed by atoms with Crippen molar-refractivity contribution < 1.29 is 13.2 Å². The van der Waals surface area contributed by atoms with Gasteiger partial charge >= 0.3 is 0 Å². The summed E-state index contributed by atoms with van der Waals surface area (Å²) in [6, 6.07) is 6.57. The second-order valence-electron chi connectivity index (χ2n) is 5.89. The van der Waals surface area contributed by atoms with Crippen LogP contribution >= 0.6 is 10.7 Å². The summed E-state index contributed by atoms with van der Waals surface area (Å²) in [4.78, 5) is 11.8. The van der Waals surface area contributed by atoms with Crippen LogP contribution in [0, 0.1) is 5.41 Å². The lowest BCUT2D eigenvalue weighted by molar-refractivity contribution is -0.121. The summed E-state index contributed by atoms with van der Waals surface area (Å²) in [7, 11) is 1.56. The Morgan fingerprint density at radius 3 is 2.35 bits per heavy atom. The fourth-order valence-corrected chi connectivity index (χ4v) is 2.83. The summed E-state index contributed by atoms with van der Waals surface area (Å²) in [5.41, 5.74) is 1.14. The Morgan fingerprint density at radius 1 is 1.35 bits per heavy atom. The first-order valence-corrected chi connectivity index (χ1v) is 8.82. The molecule has 0 aromatic heterocycles. The molecule has 1 amide bonds. The van der Waals surface area contributed by atoms with E-state index in [0.717, 1.165) is 12.0 Å². The molecule has 1 aromatic rings. The van der Waals surface area contributed by atoms with Crippen LogP contribution in [0.2, 0.25) is 0 Å². The van der Waals surface area contributed by atoms with Crippen LogP contribution < -0.4 is 5.32 Å². The minimum Gasteiger partial charge on any atom is -0.353 e. The molecule has 0 saturated heterocycles. The third-order valence-corrected chi connectivity index (χ3v) is 5.06. The normalized spacial score (nSPS) is 20.4. The summed E-state index contributed by atoms with van der Waals surface area (Å²) in [5.74, 6) is 0.0367. The highest BCUT2D eigenvalue weighted by molar-refractivity contribution is 8.13. The zero-order valence-electron chi connectivity index (χ0n) is 11.5. The van der Waals surface area contributed by atoms with Gasteiger partial charge in [0.05, 0.1) is 4.90 Å². The van der Waals surface area contributed by atoms with Gasteiger partial charge in [0.2, 0.25) is 5.91 Å². The van der Waals surface area contributed by atoms with E-state index >= 15 is 0 Å². The van der Waals surface area contributed by atoms with Crippen molar-refractivity contribution in [3.8, 4) is 0 Å². The van der Waals surface area contributed by atoms with E-state index in [4.69, 9.17) is 10.7 Å². The van der Waals surface area contributed by atoms with Crippen LogP contribution in [0.15, 0.2) is 29.2 Å². The number of carbonyl (C=O) groups is 1. The molecular weight excluding hydrogens is 298 g/mol. The minimum absolute atomic E-state index is 0.0367. The van der Waals surface area contributed by atoms with Gasteiger partial charge in [0.1, 0.15) is 0 Å². The number of aryl methyl sites for hydroxylation is 1. The molecule has 0 heterocycles. The third-order valence-electron chi connectivity index (χ3n) is 3.69. The van der Waals surface area contributed by atoms with Crippen LogP contribution in [-0.2, 0) is 20.3 Å². The Morgan fingerprint density at radius 2 is 1.90 bits per heavy atom. The van der Waals surface area contributed by atoms with Crippen molar-refractivity contribution in [3.05, 3.63) is 29.8 Å². The van der Waals surface area contributed by atoms with Crippen molar-refractivity contribution in [3.63, 3.8) is 0 Å². The summed E-state index contributed by atoms with van der Waals surface area (Å²) in [5, 5.41) is 2.99. The average Bonchev–Trinajstić information content (AvgIpc) is 2.93. The maximum absolute atomic E-state index is 11.8. The molecule has 0 aliphatic heterocycles. The van der Waals surface area contributed by atoms with Crippen molar-refractivity contribution in [1.29, 1.82) is 0 Å². The Hall–Kier alpha value is -1.07. The summed E-state index contributed by atoms with van der Waals surface area (Å²) >= 11 is 0. The second-order valence-corrected chi connectivity index (χ2v) is 8.46. The van der Waals surface area contributed by atoms with Crippen molar-refractivity contribution >= 4 is 25.6 Å². The molecule has 1 unspecified atom stereocenters. The van der Waals surface area contributed by atoms with Crippen molar-refractivity contribution in [2.45, 2.75) is 44.0 Å². The predicted molar refractivity (Wildman–Crippen MR) is 78.1 cm³/mol. The van der Waals surface area contributed by atoms with Crippen molar-refractivity contribution in [2.75, 3.05) is 0 Å². The molecule has 0 bridgehead atoms. The van der Waals surface area contributed by atoms with Crippen molar-refractivity contribution in [1.82, 2.24) is 5.32 Å². The standard InChI is InChI=1S/C14H18ClNO3S/c1-14(2)9-12(14)16-13(17)8-5-10-3-6-11(7-4-10)20(15,18)19/h3-4,6-7,12H,5,8-9H2,1-2H3,(H,16,17). The fourth-order valence-electron chi connectivity index (χ4n) is 2.06. The fraction of sp³-hybridized carbons (Fsp3) is 0.500. The van der Waals surface area contributed by atoms with Gasteiger partial charge in [0, 0.05) is 23.1 Å². The van der Waals surface area contributed by atoms with Gasteiger partial charge in [-0.25, -0.2) is 8.42 Å². The molecule has 1 fully saturated rings. The van der Waals surface area contributed by atoms with E-state index in [9.17, 15) is 13.2 Å². The maximum Gasteiger partial charge on any atom is 0.261 e. The Kier molecular flexibility index (Phi) is 4.12. The predicted octanol–water partition coefficient (Wildman–Crippen LogP) is 2.46. The molecule has 2 rings (SSSR count). The van der Waals surface area contributed by atoms with Gasteiger partial charge in [0.15, 0.2) is 0 Å². The van der Waals surface area contributed by atoms with Crippen molar-refractivity contribution in [2.24, 2.45) is 5.41 Å². The van der Waals surface area contributed by atoms with E-state index in [2.05, 4.69) is 19.2 Å². The van der Waals surface area contributed by atoms with Gasteiger partial charge in [0.25, 0.3) is 9.05 Å². The Balaban J connectivity index is 1.84. The van der Waals surface area contributed by atoms with Gasteiger partial charge in [-0.2, -0.15) is 0 Å². The lowest BCUT2D eigenvalue weighted by atomic mass is 10.1. The van der Waals surface area contributed by atoms with Gasteiger partial charge in [-0.1, -0.05) is 26.0 Å². The van der Waals surface area contributed by atoms with Crippen LogP contribution in [0.25, 0.3) is 0 Å². The molecule has 1 aromatic carbocycles. The van der Waals surface area contributed by atoms with E-state index < -0.39 is 9.05 Å². The van der Waals surface area contributed by atoms with Crippen LogP contribution in [0.5, 0.6) is 0 Å². The number of benzene rings is 1. The average molecular weight is 316 g/mol. The SMILES string of the molecule is CC1(C)CC1NC(=O)CCc1ccc(S(=O)(=O)Cl)cc1. The molecule has 4 nitrogen and oxygen atoms in total. The second kappa shape index (κ2) is 5.37. The number of amides is 1. The van der Waals surface area contributed by atoms with Gasteiger partial charge in [-0.15, -0.1) is 0 Å². The first-order chi connectivity index (χ1) is 9.18. The van der Waals surface area contributed by atoms with Crippen LogP contribution in [-0.4, -0.2) is 20.4 Å². The largest absolute Gasteiger partial charge is 0.353 e. The van der Waals surface area contributed by atoms with E-state index in [1.54, 1.807) is 12.1 Å². The molecular formula is C14H18ClNO3S. The third kappa shape index (κ3) is 3.96. The van der Waals surface area contributed by atoms with E-state index in [1.165, 1.54) is 12.1 Å². The number of halogens is 1.